The zero-order valence-electron chi connectivity index (χ0n) is 14.5. The molecule has 1 aromatic rings. The quantitative estimate of drug-likeness (QED) is 0.868. The van der Waals surface area contributed by atoms with E-state index < -0.39 is 0 Å². The summed E-state index contributed by atoms with van der Waals surface area (Å²) in [5, 5.41) is 0. The Morgan fingerprint density at radius 3 is 2.19 bits per heavy atom. The van der Waals surface area contributed by atoms with E-state index in [1.54, 1.807) is 7.11 Å². The second-order valence-corrected chi connectivity index (χ2v) is 8.55. The summed E-state index contributed by atoms with van der Waals surface area (Å²) in [6.07, 6.45) is 4.48. The minimum atomic E-state index is -0.181. The van der Waals surface area contributed by atoms with Crippen molar-refractivity contribution in [2.75, 3.05) is 7.11 Å². The fourth-order valence-corrected chi connectivity index (χ4v) is 3.77. The Morgan fingerprint density at radius 2 is 1.76 bits per heavy atom. The number of hydrogen-bond acceptors (Lipinski definition) is 2. The van der Waals surface area contributed by atoms with Gasteiger partial charge in [0, 0.05) is 11.1 Å². The Morgan fingerprint density at radius 1 is 1.14 bits per heavy atom. The van der Waals surface area contributed by atoms with Crippen molar-refractivity contribution in [2.24, 2.45) is 11.1 Å². The molecular weight excluding hydrogens is 258 g/mol. The van der Waals surface area contributed by atoms with Crippen molar-refractivity contribution in [2.45, 2.75) is 71.3 Å². The predicted octanol–water partition coefficient (Wildman–Crippen LogP) is 4.75. The van der Waals surface area contributed by atoms with Crippen LogP contribution in [0.25, 0.3) is 0 Å². The van der Waals surface area contributed by atoms with Crippen LogP contribution in [0, 0.1) is 5.41 Å². The topological polar surface area (TPSA) is 35.2 Å². The van der Waals surface area contributed by atoms with Crippen LogP contribution in [0.2, 0.25) is 0 Å². The minimum absolute atomic E-state index is 0.138. The smallest absolute Gasteiger partial charge is 0.123 e. The normalized spacial score (nSPS) is 18.2. The van der Waals surface area contributed by atoms with Gasteiger partial charge in [-0.3, -0.25) is 0 Å². The van der Waals surface area contributed by atoms with E-state index in [-0.39, 0.29) is 11.0 Å². The summed E-state index contributed by atoms with van der Waals surface area (Å²) in [5.74, 6) is 0.938. The van der Waals surface area contributed by atoms with E-state index in [9.17, 15) is 0 Å². The molecule has 0 amide bonds. The molecule has 1 aliphatic carbocycles. The number of rotatable bonds is 4. The Bertz CT molecular complexity index is 507. The highest BCUT2D eigenvalue weighted by Crippen LogP contribution is 2.45. The Kier molecular flexibility index (Phi) is 4.14. The zero-order valence-corrected chi connectivity index (χ0v) is 14.5. The van der Waals surface area contributed by atoms with Crippen LogP contribution in [-0.4, -0.2) is 7.11 Å². The van der Waals surface area contributed by atoms with Crippen molar-refractivity contribution in [1.82, 2.24) is 0 Å². The summed E-state index contributed by atoms with van der Waals surface area (Å²) >= 11 is 0. The molecular formula is C19H31NO. The van der Waals surface area contributed by atoms with Gasteiger partial charge in [0.05, 0.1) is 7.11 Å². The average Bonchev–Trinajstić information content (AvgIpc) is 2.32. The number of benzene rings is 1. The van der Waals surface area contributed by atoms with Crippen molar-refractivity contribution in [3.63, 3.8) is 0 Å². The van der Waals surface area contributed by atoms with Gasteiger partial charge in [-0.1, -0.05) is 40.7 Å². The van der Waals surface area contributed by atoms with Gasteiger partial charge < -0.3 is 10.5 Å². The van der Waals surface area contributed by atoms with E-state index in [0.717, 1.165) is 25.0 Å². The lowest BCUT2D eigenvalue weighted by atomic mass is 9.68. The van der Waals surface area contributed by atoms with E-state index >= 15 is 0 Å². The zero-order chi connectivity index (χ0) is 15.9. The van der Waals surface area contributed by atoms with Crippen LogP contribution in [0.1, 0.15) is 71.4 Å². The van der Waals surface area contributed by atoms with Crippen LogP contribution >= 0.6 is 0 Å². The van der Waals surface area contributed by atoms with Gasteiger partial charge in [0.15, 0.2) is 0 Å². The lowest BCUT2D eigenvalue weighted by Crippen LogP contribution is -2.43. The molecule has 0 bridgehead atoms. The summed E-state index contributed by atoms with van der Waals surface area (Å²) in [6.45, 7) is 11.6. The van der Waals surface area contributed by atoms with E-state index in [1.807, 2.05) is 0 Å². The molecule has 2 N–H and O–H groups in total. The highest BCUT2D eigenvalue weighted by molar-refractivity contribution is 5.45. The average molecular weight is 289 g/mol. The predicted molar refractivity (Wildman–Crippen MR) is 89.8 cm³/mol. The molecule has 21 heavy (non-hydrogen) atoms. The molecule has 1 fully saturated rings. The van der Waals surface area contributed by atoms with Crippen LogP contribution in [-0.2, 0) is 11.0 Å². The Balaban J connectivity index is 2.40. The summed E-state index contributed by atoms with van der Waals surface area (Å²) in [5.41, 5.74) is 9.38. The molecule has 1 aromatic carbocycles. The molecule has 0 aliphatic heterocycles. The van der Waals surface area contributed by atoms with Crippen molar-refractivity contribution in [3.8, 4) is 5.75 Å². The summed E-state index contributed by atoms with van der Waals surface area (Å²) in [4.78, 5) is 0. The van der Waals surface area contributed by atoms with Crippen LogP contribution in [0.5, 0.6) is 5.75 Å². The fourth-order valence-electron chi connectivity index (χ4n) is 3.77. The van der Waals surface area contributed by atoms with E-state index in [0.29, 0.717) is 5.41 Å². The van der Waals surface area contributed by atoms with E-state index in [1.165, 1.54) is 17.5 Å². The van der Waals surface area contributed by atoms with Crippen LogP contribution in [0.3, 0.4) is 0 Å². The number of ether oxygens (including phenoxy) is 1. The van der Waals surface area contributed by atoms with E-state index in [4.69, 9.17) is 10.5 Å². The maximum Gasteiger partial charge on any atom is 0.123 e. The number of nitrogens with two attached hydrogens (primary N) is 1. The van der Waals surface area contributed by atoms with Gasteiger partial charge in [0.25, 0.3) is 0 Å². The van der Waals surface area contributed by atoms with Crippen LogP contribution < -0.4 is 10.5 Å². The summed E-state index contributed by atoms with van der Waals surface area (Å²) in [6, 6.07) is 6.60. The molecule has 0 heterocycles. The van der Waals surface area contributed by atoms with Gasteiger partial charge in [0.1, 0.15) is 5.75 Å². The number of methoxy groups -OCH3 is 1. The highest BCUT2D eigenvalue weighted by atomic mass is 16.5. The van der Waals surface area contributed by atoms with Gasteiger partial charge in [-0.2, -0.15) is 0 Å². The lowest BCUT2D eigenvalue weighted by Gasteiger charge is -2.40. The van der Waals surface area contributed by atoms with E-state index in [2.05, 4.69) is 52.8 Å². The highest BCUT2D eigenvalue weighted by Gasteiger charge is 2.38. The standard InChI is InChI=1S/C19H31NO/c1-17(2,3)13-18(4,5)14-8-9-16(21-6)15(12-14)19(20)10-7-11-19/h8-9,12H,7,10-11,13,20H2,1-6H3. The molecule has 1 saturated carbocycles. The van der Waals surface area contributed by atoms with Gasteiger partial charge in [-0.05, 0) is 54.2 Å². The molecule has 1 aliphatic rings. The van der Waals surface area contributed by atoms with Gasteiger partial charge in [0.2, 0.25) is 0 Å². The molecule has 0 aromatic heterocycles. The minimum Gasteiger partial charge on any atom is -0.496 e. The third-order valence-corrected chi connectivity index (χ3v) is 4.74. The molecule has 0 spiro atoms. The fraction of sp³-hybridized carbons (Fsp3) is 0.684. The van der Waals surface area contributed by atoms with Crippen LogP contribution in [0.15, 0.2) is 18.2 Å². The van der Waals surface area contributed by atoms with Gasteiger partial charge >= 0.3 is 0 Å². The van der Waals surface area contributed by atoms with Crippen molar-refractivity contribution in [1.29, 1.82) is 0 Å². The molecule has 2 rings (SSSR count). The first-order chi connectivity index (χ1) is 9.57. The SMILES string of the molecule is COc1ccc(C(C)(C)CC(C)(C)C)cc1C1(N)CCC1. The summed E-state index contributed by atoms with van der Waals surface area (Å²) < 4.78 is 5.56. The molecule has 0 atom stereocenters. The van der Waals surface area contributed by atoms with Gasteiger partial charge in [-0.25, -0.2) is 0 Å². The maximum absolute atomic E-state index is 6.56. The largest absolute Gasteiger partial charge is 0.496 e. The molecule has 118 valence electrons. The molecule has 0 saturated heterocycles. The lowest BCUT2D eigenvalue weighted by molar-refractivity contribution is 0.242. The first-order valence-electron chi connectivity index (χ1n) is 8.05. The molecule has 2 heteroatoms. The van der Waals surface area contributed by atoms with Crippen molar-refractivity contribution >= 4 is 0 Å². The summed E-state index contributed by atoms with van der Waals surface area (Å²) in [7, 11) is 1.74. The molecule has 0 unspecified atom stereocenters. The first kappa shape index (κ1) is 16.4. The third kappa shape index (κ3) is 3.42. The Hall–Kier alpha value is -1.02. The third-order valence-electron chi connectivity index (χ3n) is 4.74. The van der Waals surface area contributed by atoms with Crippen molar-refractivity contribution in [3.05, 3.63) is 29.3 Å². The molecule has 2 nitrogen and oxygen atoms in total. The first-order valence-corrected chi connectivity index (χ1v) is 8.05. The monoisotopic (exact) mass is 289 g/mol. The molecule has 0 radical (unpaired) electrons. The van der Waals surface area contributed by atoms with Crippen molar-refractivity contribution < 1.29 is 4.74 Å². The van der Waals surface area contributed by atoms with Crippen LogP contribution in [0.4, 0.5) is 0 Å². The second-order valence-electron chi connectivity index (χ2n) is 8.55. The maximum atomic E-state index is 6.56. The second kappa shape index (κ2) is 5.31. The Labute approximate surface area is 130 Å². The van der Waals surface area contributed by atoms with Gasteiger partial charge in [-0.15, -0.1) is 0 Å². The number of hydrogen-bond donors (Lipinski definition) is 1.